The van der Waals surface area contributed by atoms with Crippen molar-refractivity contribution < 1.29 is 8.42 Å². The third-order valence-corrected chi connectivity index (χ3v) is 5.72. The summed E-state index contributed by atoms with van der Waals surface area (Å²) in [5, 5.41) is 7.31. The van der Waals surface area contributed by atoms with Gasteiger partial charge >= 0.3 is 0 Å². The number of piperidine rings is 1. The van der Waals surface area contributed by atoms with E-state index in [-0.39, 0.29) is 9.47 Å². The Kier molecular flexibility index (Phi) is 3.13. The molecule has 0 saturated carbocycles. The first kappa shape index (κ1) is 11.7. The molecular weight excluding hydrogens is 248 g/mol. The normalized spacial score (nSPS) is 20.1. The largest absolute Gasteiger partial charge is 0.374 e. The van der Waals surface area contributed by atoms with Crippen molar-refractivity contribution in [3.8, 4) is 0 Å². The van der Waals surface area contributed by atoms with E-state index in [2.05, 4.69) is 17.1 Å². The minimum absolute atomic E-state index is 0.000414. The van der Waals surface area contributed by atoms with Crippen LogP contribution in [0.4, 0.5) is 5.13 Å². The predicted molar refractivity (Wildman–Crippen MR) is 61.5 cm³/mol. The fourth-order valence-corrected chi connectivity index (χ4v) is 4.05. The number of anilines is 1. The lowest BCUT2D eigenvalue weighted by Crippen LogP contribution is -2.37. The van der Waals surface area contributed by atoms with Gasteiger partial charge in [0, 0.05) is 13.1 Å². The zero-order chi connectivity index (χ0) is 11.8. The molecule has 0 atom stereocenters. The number of sulfonamides is 1. The molecule has 1 aromatic rings. The summed E-state index contributed by atoms with van der Waals surface area (Å²) in [5.74, 6) is 0.589. The van der Waals surface area contributed by atoms with Crippen molar-refractivity contribution in [1.82, 2.24) is 14.5 Å². The van der Waals surface area contributed by atoms with Crippen LogP contribution in [0.5, 0.6) is 0 Å². The zero-order valence-electron chi connectivity index (χ0n) is 8.96. The molecule has 90 valence electrons. The summed E-state index contributed by atoms with van der Waals surface area (Å²) in [4.78, 5) is 0. The summed E-state index contributed by atoms with van der Waals surface area (Å²) in [6, 6.07) is 0. The molecule has 0 aromatic carbocycles. The highest BCUT2D eigenvalue weighted by atomic mass is 32.2. The minimum Gasteiger partial charge on any atom is -0.374 e. The maximum Gasteiger partial charge on any atom is 0.272 e. The molecule has 0 bridgehead atoms. The summed E-state index contributed by atoms with van der Waals surface area (Å²) in [5.41, 5.74) is 5.39. The molecule has 1 aliphatic rings. The Morgan fingerprint density at radius 2 is 2.00 bits per heavy atom. The molecule has 6 nitrogen and oxygen atoms in total. The van der Waals surface area contributed by atoms with E-state index < -0.39 is 10.0 Å². The van der Waals surface area contributed by atoms with Gasteiger partial charge in [0.1, 0.15) is 0 Å². The highest BCUT2D eigenvalue weighted by Gasteiger charge is 2.30. The summed E-state index contributed by atoms with van der Waals surface area (Å²) < 4.78 is 25.6. The molecule has 0 radical (unpaired) electrons. The third kappa shape index (κ3) is 2.18. The molecule has 2 N–H and O–H groups in total. The number of hydrogen-bond acceptors (Lipinski definition) is 6. The van der Waals surface area contributed by atoms with Crippen molar-refractivity contribution in [1.29, 1.82) is 0 Å². The van der Waals surface area contributed by atoms with E-state index in [1.54, 1.807) is 0 Å². The summed E-state index contributed by atoms with van der Waals surface area (Å²) in [6.07, 6.45) is 1.79. The molecule has 1 aliphatic heterocycles. The number of nitrogen functional groups attached to an aromatic ring is 1. The van der Waals surface area contributed by atoms with Crippen LogP contribution in [0.25, 0.3) is 0 Å². The Labute approximate surface area is 98.5 Å². The van der Waals surface area contributed by atoms with Gasteiger partial charge in [-0.25, -0.2) is 8.42 Å². The quantitative estimate of drug-likeness (QED) is 0.840. The molecule has 1 saturated heterocycles. The van der Waals surface area contributed by atoms with Crippen molar-refractivity contribution >= 4 is 26.5 Å². The van der Waals surface area contributed by atoms with Gasteiger partial charge in [0.2, 0.25) is 9.47 Å². The van der Waals surface area contributed by atoms with Crippen LogP contribution in [-0.4, -0.2) is 36.0 Å². The smallest absolute Gasteiger partial charge is 0.272 e. The number of rotatable bonds is 2. The second-order valence-electron chi connectivity index (χ2n) is 3.99. The van der Waals surface area contributed by atoms with Crippen LogP contribution in [0.2, 0.25) is 0 Å². The number of aromatic nitrogens is 2. The highest BCUT2D eigenvalue weighted by molar-refractivity contribution is 7.91. The van der Waals surface area contributed by atoms with Crippen molar-refractivity contribution in [3.05, 3.63) is 0 Å². The van der Waals surface area contributed by atoms with Gasteiger partial charge in [0.25, 0.3) is 10.0 Å². The molecule has 2 rings (SSSR count). The van der Waals surface area contributed by atoms with Crippen molar-refractivity contribution in [3.63, 3.8) is 0 Å². The first-order valence-electron chi connectivity index (χ1n) is 5.09. The van der Waals surface area contributed by atoms with Crippen LogP contribution >= 0.6 is 11.3 Å². The topological polar surface area (TPSA) is 89.2 Å². The molecule has 2 heterocycles. The van der Waals surface area contributed by atoms with E-state index in [4.69, 9.17) is 5.73 Å². The molecule has 0 spiro atoms. The molecule has 0 unspecified atom stereocenters. The Morgan fingerprint density at radius 3 is 2.50 bits per heavy atom. The van der Waals surface area contributed by atoms with Gasteiger partial charge in [-0.15, -0.1) is 10.2 Å². The summed E-state index contributed by atoms with van der Waals surface area (Å²) in [6.45, 7) is 3.25. The van der Waals surface area contributed by atoms with Crippen LogP contribution in [0, 0.1) is 5.92 Å². The van der Waals surface area contributed by atoms with E-state index in [1.165, 1.54) is 4.31 Å². The fourth-order valence-electron chi connectivity index (χ4n) is 1.66. The summed E-state index contributed by atoms with van der Waals surface area (Å²) >= 11 is 0.915. The average Bonchev–Trinajstić information content (AvgIpc) is 2.66. The molecular formula is C8H14N4O2S2. The molecule has 0 amide bonds. The van der Waals surface area contributed by atoms with Gasteiger partial charge in [0.15, 0.2) is 0 Å². The second kappa shape index (κ2) is 4.27. The molecule has 1 aromatic heterocycles. The SMILES string of the molecule is CC1CCN(S(=O)(=O)c2nnc(N)s2)CC1. The average molecular weight is 262 g/mol. The van der Waals surface area contributed by atoms with Crippen LogP contribution in [0.1, 0.15) is 19.8 Å². The third-order valence-electron chi connectivity index (χ3n) is 2.73. The first-order valence-corrected chi connectivity index (χ1v) is 7.35. The van der Waals surface area contributed by atoms with E-state index in [1.807, 2.05) is 0 Å². The highest BCUT2D eigenvalue weighted by Crippen LogP contribution is 2.25. The van der Waals surface area contributed by atoms with Crippen LogP contribution in [0.15, 0.2) is 4.34 Å². The summed E-state index contributed by atoms with van der Waals surface area (Å²) in [7, 11) is -3.47. The van der Waals surface area contributed by atoms with Gasteiger partial charge in [-0.2, -0.15) is 4.31 Å². The predicted octanol–water partition coefficient (Wildman–Crippen LogP) is 0.541. The zero-order valence-corrected chi connectivity index (χ0v) is 10.6. The van der Waals surface area contributed by atoms with Crippen LogP contribution in [-0.2, 0) is 10.0 Å². The minimum atomic E-state index is -3.47. The van der Waals surface area contributed by atoms with Gasteiger partial charge in [0.05, 0.1) is 0 Å². The Bertz CT molecular complexity index is 462. The van der Waals surface area contributed by atoms with Gasteiger partial charge in [-0.05, 0) is 18.8 Å². The molecule has 0 aliphatic carbocycles. The monoisotopic (exact) mass is 262 g/mol. The van der Waals surface area contributed by atoms with E-state index >= 15 is 0 Å². The molecule has 8 heteroatoms. The van der Waals surface area contributed by atoms with E-state index in [0.717, 1.165) is 24.2 Å². The Morgan fingerprint density at radius 1 is 1.38 bits per heavy atom. The first-order chi connectivity index (χ1) is 7.50. The number of nitrogens with two attached hydrogens (primary N) is 1. The van der Waals surface area contributed by atoms with Crippen molar-refractivity contribution in [2.75, 3.05) is 18.8 Å². The van der Waals surface area contributed by atoms with E-state index in [0.29, 0.717) is 19.0 Å². The molecule has 16 heavy (non-hydrogen) atoms. The van der Waals surface area contributed by atoms with E-state index in [9.17, 15) is 8.42 Å². The number of hydrogen-bond donors (Lipinski definition) is 1. The van der Waals surface area contributed by atoms with Gasteiger partial charge < -0.3 is 5.73 Å². The fraction of sp³-hybridized carbons (Fsp3) is 0.750. The van der Waals surface area contributed by atoms with Crippen molar-refractivity contribution in [2.45, 2.75) is 24.1 Å². The van der Waals surface area contributed by atoms with Crippen LogP contribution in [0.3, 0.4) is 0 Å². The Hall–Kier alpha value is -0.730. The lowest BCUT2D eigenvalue weighted by molar-refractivity contribution is 0.288. The van der Waals surface area contributed by atoms with Gasteiger partial charge in [-0.3, -0.25) is 0 Å². The van der Waals surface area contributed by atoms with Crippen molar-refractivity contribution in [2.24, 2.45) is 5.92 Å². The molecule has 1 fully saturated rings. The standard InChI is InChI=1S/C8H14N4O2S2/c1-6-2-4-12(5-3-6)16(13,14)8-11-10-7(9)15-8/h6H,2-5H2,1H3,(H2,9,10). The van der Waals surface area contributed by atoms with Gasteiger partial charge in [-0.1, -0.05) is 18.3 Å². The lowest BCUT2D eigenvalue weighted by atomic mass is 10.0. The van der Waals surface area contributed by atoms with Crippen LogP contribution < -0.4 is 5.73 Å². The maximum atomic E-state index is 12.1. The number of nitrogens with zero attached hydrogens (tertiary/aromatic N) is 3. The maximum absolute atomic E-state index is 12.1. The Balaban J connectivity index is 2.20. The second-order valence-corrected chi connectivity index (χ2v) is 7.11. The lowest BCUT2D eigenvalue weighted by Gasteiger charge is -2.28.